The fourth-order valence-corrected chi connectivity index (χ4v) is 3.38. The van der Waals surface area contributed by atoms with Crippen LogP contribution in [0.5, 0.6) is 0 Å². The van der Waals surface area contributed by atoms with E-state index in [0.29, 0.717) is 16.6 Å². The van der Waals surface area contributed by atoms with Gasteiger partial charge in [0.2, 0.25) is 0 Å². The predicted octanol–water partition coefficient (Wildman–Crippen LogP) is 3.92. The van der Waals surface area contributed by atoms with Gasteiger partial charge >= 0.3 is 7.12 Å². The van der Waals surface area contributed by atoms with Crippen LogP contribution in [0.1, 0.15) is 49.2 Å². The number of anilines is 1. The number of ketones is 1. The zero-order chi connectivity index (χ0) is 21.6. The van der Waals surface area contributed by atoms with E-state index in [-0.39, 0.29) is 12.2 Å². The van der Waals surface area contributed by atoms with Gasteiger partial charge in [-0.25, -0.2) is 4.39 Å². The van der Waals surface area contributed by atoms with Crippen LogP contribution in [0.4, 0.5) is 10.1 Å². The number of Topliss-reactive ketones (excluding diaryl/α,β-unsaturated/α-hetero) is 1. The lowest BCUT2D eigenvalue weighted by molar-refractivity contribution is 0.00578. The lowest BCUT2D eigenvalue weighted by atomic mass is 9.74. The van der Waals surface area contributed by atoms with Crippen molar-refractivity contribution in [2.45, 2.75) is 52.2 Å². The summed E-state index contributed by atoms with van der Waals surface area (Å²) >= 11 is 0. The van der Waals surface area contributed by atoms with Crippen molar-refractivity contribution in [2.75, 3.05) is 19.0 Å². The Bertz CT molecular complexity index is 906. The quantitative estimate of drug-likeness (QED) is 0.566. The van der Waals surface area contributed by atoms with Crippen molar-refractivity contribution >= 4 is 24.1 Å². The van der Waals surface area contributed by atoms with Gasteiger partial charge in [-0.05, 0) is 87.6 Å². The van der Waals surface area contributed by atoms with Gasteiger partial charge in [0.05, 0.1) is 11.2 Å². The third kappa shape index (κ3) is 4.24. The molecule has 0 unspecified atom stereocenters. The second-order valence-corrected chi connectivity index (χ2v) is 8.91. The van der Waals surface area contributed by atoms with Gasteiger partial charge in [0.25, 0.3) is 0 Å². The van der Waals surface area contributed by atoms with Gasteiger partial charge in [0.1, 0.15) is 5.82 Å². The van der Waals surface area contributed by atoms with Crippen molar-refractivity contribution in [3.05, 3.63) is 58.9 Å². The molecule has 0 N–H and O–H groups in total. The van der Waals surface area contributed by atoms with Gasteiger partial charge in [0, 0.05) is 31.8 Å². The lowest BCUT2D eigenvalue weighted by Gasteiger charge is -2.32. The standard InChI is InChI=1S/C23H29BFNO3/c1-15-17(13-21(27)16-8-10-19(11-9-16)26(6)7)12-18(25)14-20(15)24-28-22(2,3)23(4,5)29-24/h8-12,14H,13H2,1-7H3. The predicted molar refractivity (Wildman–Crippen MR) is 116 cm³/mol. The summed E-state index contributed by atoms with van der Waals surface area (Å²) in [4.78, 5) is 14.8. The van der Waals surface area contributed by atoms with Crippen LogP contribution in [0.25, 0.3) is 0 Å². The van der Waals surface area contributed by atoms with Crippen molar-refractivity contribution in [3.8, 4) is 0 Å². The van der Waals surface area contributed by atoms with Crippen molar-refractivity contribution in [1.82, 2.24) is 0 Å². The maximum atomic E-state index is 14.4. The smallest absolute Gasteiger partial charge is 0.399 e. The molecule has 1 saturated heterocycles. The second kappa shape index (κ2) is 7.58. The van der Waals surface area contributed by atoms with E-state index in [9.17, 15) is 9.18 Å². The number of nitrogens with zero attached hydrogens (tertiary/aromatic N) is 1. The highest BCUT2D eigenvalue weighted by Gasteiger charge is 2.52. The van der Waals surface area contributed by atoms with E-state index in [4.69, 9.17) is 9.31 Å². The van der Waals surface area contributed by atoms with E-state index in [1.807, 2.05) is 65.7 Å². The number of hydrogen-bond acceptors (Lipinski definition) is 4. The number of carbonyl (C=O) groups is 1. The summed E-state index contributed by atoms with van der Waals surface area (Å²) in [7, 11) is 3.23. The molecule has 29 heavy (non-hydrogen) atoms. The first-order valence-corrected chi connectivity index (χ1v) is 9.86. The highest BCUT2D eigenvalue weighted by molar-refractivity contribution is 6.62. The average Bonchev–Trinajstić information content (AvgIpc) is 2.85. The molecule has 3 rings (SSSR count). The second-order valence-electron chi connectivity index (χ2n) is 8.91. The van der Waals surface area contributed by atoms with E-state index in [0.717, 1.165) is 11.3 Å². The molecule has 0 saturated carbocycles. The van der Waals surface area contributed by atoms with Gasteiger partial charge in [-0.15, -0.1) is 0 Å². The Balaban J connectivity index is 1.87. The summed E-state index contributed by atoms with van der Waals surface area (Å²) < 4.78 is 26.6. The summed E-state index contributed by atoms with van der Waals surface area (Å²) in [5.41, 5.74) is 2.71. The highest BCUT2D eigenvalue weighted by atomic mass is 19.1. The van der Waals surface area contributed by atoms with Gasteiger partial charge in [-0.1, -0.05) is 0 Å². The zero-order valence-electron chi connectivity index (χ0n) is 18.3. The van der Waals surface area contributed by atoms with Crippen molar-refractivity contribution in [1.29, 1.82) is 0 Å². The maximum Gasteiger partial charge on any atom is 0.495 e. The molecule has 0 spiro atoms. The van der Waals surface area contributed by atoms with E-state index in [1.165, 1.54) is 12.1 Å². The van der Waals surface area contributed by atoms with Crippen LogP contribution in [0.3, 0.4) is 0 Å². The number of benzene rings is 2. The molecule has 6 heteroatoms. The molecule has 4 nitrogen and oxygen atoms in total. The molecule has 1 aliphatic heterocycles. The minimum Gasteiger partial charge on any atom is -0.399 e. The molecular formula is C23H29BFNO3. The first-order valence-electron chi connectivity index (χ1n) is 9.86. The van der Waals surface area contributed by atoms with Gasteiger partial charge < -0.3 is 14.2 Å². The Kier molecular flexibility index (Phi) is 5.63. The maximum absolute atomic E-state index is 14.4. The van der Waals surface area contributed by atoms with E-state index < -0.39 is 24.1 Å². The summed E-state index contributed by atoms with van der Waals surface area (Å²) in [6.07, 6.45) is 0.122. The van der Waals surface area contributed by atoms with E-state index in [2.05, 4.69) is 0 Å². The van der Waals surface area contributed by atoms with Crippen molar-refractivity contribution < 1.29 is 18.5 Å². The van der Waals surface area contributed by atoms with Crippen LogP contribution in [0, 0.1) is 12.7 Å². The molecule has 0 radical (unpaired) electrons. The van der Waals surface area contributed by atoms with Crippen LogP contribution < -0.4 is 10.4 Å². The minimum absolute atomic E-state index is 0.0520. The molecule has 2 aromatic carbocycles. The van der Waals surface area contributed by atoms with E-state index in [1.54, 1.807) is 12.1 Å². The molecular weight excluding hydrogens is 368 g/mol. The SMILES string of the molecule is Cc1c(CC(=O)c2ccc(N(C)C)cc2)cc(F)cc1B1OC(C)(C)C(C)(C)O1. The lowest BCUT2D eigenvalue weighted by Crippen LogP contribution is -2.41. The Morgan fingerprint density at radius 3 is 2.10 bits per heavy atom. The Morgan fingerprint density at radius 2 is 1.59 bits per heavy atom. The fourth-order valence-electron chi connectivity index (χ4n) is 3.38. The number of rotatable bonds is 5. The van der Waals surface area contributed by atoms with E-state index >= 15 is 0 Å². The normalized spacial score (nSPS) is 17.4. The van der Waals surface area contributed by atoms with Crippen molar-refractivity contribution in [3.63, 3.8) is 0 Å². The van der Waals surface area contributed by atoms with Crippen molar-refractivity contribution in [2.24, 2.45) is 0 Å². The third-order valence-corrected chi connectivity index (χ3v) is 6.08. The minimum atomic E-state index is -0.663. The van der Waals surface area contributed by atoms with Crippen LogP contribution >= 0.6 is 0 Å². The first kappa shape index (κ1) is 21.5. The molecule has 0 amide bonds. The van der Waals surface area contributed by atoms with Crippen LogP contribution in [-0.2, 0) is 15.7 Å². The largest absolute Gasteiger partial charge is 0.495 e. The van der Waals surface area contributed by atoms with Gasteiger partial charge in [0.15, 0.2) is 5.78 Å². The third-order valence-electron chi connectivity index (χ3n) is 6.08. The summed E-state index contributed by atoms with van der Waals surface area (Å²) in [6, 6.07) is 10.3. The molecule has 1 fully saturated rings. The molecule has 0 aromatic heterocycles. The molecule has 0 bridgehead atoms. The Labute approximate surface area is 173 Å². The first-order chi connectivity index (χ1) is 13.4. The number of hydrogen-bond donors (Lipinski definition) is 0. The van der Waals surface area contributed by atoms with Crippen LogP contribution in [-0.4, -0.2) is 38.2 Å². The Morgan fingerprint density at radius 1 is 1.03 bits per heavy atom. The fraction of sp³-hybridized carbons (Fsp3) is 0.435. The summed E-state index contributed by atoms with van der Waals surface area (Å²) in [5, 5.41) is 0. The summed E-state index contributed by atoms with van der Waals surface area (Å²) in [6.45, 7) is 9.73. The monoisotopic (exact) mass is 397 g/mol. The van der Waals surface area contributed by atoms with Gasteiger partial charge in [-0.3, -0.25) is 4.79 Å². The Hall–Kier alpha value is -2.18. The molecule has 0 atom stereocenters. The molecule has 154 valence electrons. The number of carbonyl (C=O) groups excluding carboxylic acids is 1. The highest BCUT2D eigenvalue weighted by Crippen LogP contribution is 2.37. The molecule has 1 aliphatic rings. The molecule has 1 heterocycles. The zero-order valence-corrected chi connectivity index (χ0v) is 18.3. The summed E-state index contributed by atoms with van der Waals surface area (Å²) in [5.74, 6) is -0.449. The molecule has 0 aliphatic carbocycles. The molecule has 2 aromatic rings. The number of halogens is 1. The van der Waals surface area contributed by atoms with Crippen LogP contribution in [0.15, 0.2) is 36.4 Å². The van der Waals surface area contributed by atoms with Gasteiger partial charge in [-0.2, -0.15) is 0 Å². The topological polar surface area (TPSA) is 38.8 Å². The van der Waals surface area contributed by atoms with Crippen LogP contribution in [0.2, 0.25) is 0 Å². The average molecular weight is 397 g/mol.